The molecule has 90 valence electrons. The molecule has 0 bridgehead atoms. The molecule has 3 rings (SSSR count). The molecule has 18 heavy (non-hydrogen) atoms. The Hall–Kier alpha value is -1.98. The lowest BCUT2D eigenvalue weighted by Crippen LogP contribution is -1.98. The van der Waals surface area contributed by atoms with Crippen molar-refractivity contribution >= 4 is 32.1 Å². The van der Waals surface area contributed by atoms with Crippen LogP contribution in [-0.2, 0) is 10.1 Å². The van der Waals surface area contributed by atoms with Crippen LogP contribution in [0, 0.1) is 0 Å². The van der Waals surface area contributed by atoms with Gasteiger partial charge in [0.2, 0.25) is 0 Å². The van der Waals surface area contributed by atoms with Crippen molar-refractivity contribution in [2.45, 2.75) is 4.90 Å². The molecule has 0 aliphatic rings. The fourth-order valence-corrected chi connectivity index (χ4v) is 2.57. The second-order valence-electron chi connectivity index (χ2n) is 3.93. The molecular weight excluding hydrogens is 252 g/mol. The predicted molar refractivity (Wildman–Crippen MR) is 67.9 cm³/mol. The van der Waals surface area contributed by atoms with Crippen molar-refractivity contribution in [3.63, 3.8) is 0 Å². The smallest absolute Gasteiger partial charge is 0.282 e. The average Bonchev–Trinajstić information content (AvgIpc) is 2.34. The van der Waals surface area contributed by atoms with Gasteiger partial charge in [-0.2, -0.15) is 8.42 Å². The first-order chi connectivity index (χ1) is 8.55. The summed E-state index contributed by atoms with van der Waals surface area (Å²) in [7, 11) is -4.29. The monoisotopic (exact) mass is 261 g/mol. The minimum atomic E-state index is -4.29. The Bertz CT molecular complexity index is 853. The zero-order valence-corrected chi connectivity index (χ0v) is 10.0. The summed E-state index contributed by atoms with van der Waals surface area (Å²) in [5.74, 6) is 0. The van der Waals surface area contributed by atoms with E-state index in [4.69, 9.17) is 4.42 Å². The van der Waals surface area contributed by atoms with Crippen molar-refractivity contribution in [2.24, 2.45) is 0 Å². The maximum atomic E-state index is 11.3. The summed E-state index contributed by atoms with van der Waals surface area (Å²) in [4.78, 5) is -0.217. The van der Waals surface area contributed by atoms with Gasteiger partial charge < -0.3 is 0 Å². The Morgan fingerprint density at radius 2 is 1.67 bits per heavy atom. The molecule has 0 unspecified atom stereocenters. The second-order valence-corrected chi connectivity index (χ2v) is 5.32. The first-order valence-corrected chi connectivity index (χ1v) is 6.72. The summed E-state index contributed by atoms with van der Waals surface area (Å²) >= 11 is 0. The molecule has 0 saturated heterocycles. The zero-order valence-electron chi connectivity index (χ0n) is 9.20. The molecule has 2 aromatic carbocycles. The molecule has 1 heterocycles. The van der Waals surface area contributed by atoms with Crippen LogP contribution in [0.3, 0.4) is 0 Å². The van der Waals surface area contributed by atoms with Gasteiger partial charge in [0.15, 0.2) is 4.90 Å². The highest BCUT2D eigenvalue weighted by Crippen LogP contribution is 2.27. The van der Waals surface area contributed by atoms with Gasteiger partial charge in [0, 0.05) is 6.07 Å². The van der Waals surface area contributed by atoms with Crippen LogP contribution in [0.4, 0.5) is 0 Å². The number of hydrogen-bond donors (Lipinski definition) is 1. The van der Waals surface area contributed by atoms with Crippen molar-refractivity contribution < 1.29 is 17.4 Å². The molecule has 0 fully saturated rings. The van der Waals surface area contributed by atoms with Crippen LogP contribution >= 0.6 is 0 Å². The van der Waals surface area contributed by atoms with E-state index in [-0.39, 0.29) is 10.5 Å². The van der Waals surface area contributed by atoms with Crippen LogP contribution in [0.5, 0.6) is 0 Å². The summed E-state index contributed by atoms with van der Waals surface area (Å²) in [5.41, 5.74) is 0.736. The SMILES string of the molecule is O=S(=O)(O)c1cccc2cc3ccccc3[o+]c12. The van der Waals surface area contributed by atoms with Crippen LogP contribution in [0.25, 0.3) is 21.9 Å². The summed E-state index contributed by atoms with van der Waals surface area (Å²) in [5, 5.41) is 1.50. The summed E-state index contributed by atoms with van der Waals surface area (Å²) in [6.07, 6.45) is 0. The van der Waals surface area contributed by atoms with Gasteiger partial charge in [-0.1, -0.05) is 18.2 Å². The highest BCUT2D eigenvalue weighted by atomic mass is 32.2. The number of rotatable bonds is 1. The van der Waals surface area contributed by atoms with E-state index in [0.717, 1.165) is 5.39 Å². The van der Waals surface area contributed by atoms with Crippen LogP contribution in [-0.4, -0.2) is 13.0 Å². The maximum absolute atomic E-state index is 11.3. The molecule has 0 amide bonds. The van der Waals surface area contributed by atoms with E-state index < -0.39 is 10.1 Å². The largest absolute Gasteiger partial charge is 0.381 e. The van der Waals surface area contributed by atoms with Crippen LogP contribution in [0.1, 0.15) is 0 Å². The van der Waals surface area contributed by atoms with E-state index in [0.29, 0.717) is 11.0 Å². The first kappa shape index (κ1) is 11.1. The molecule has 4 nitrogen and oxygen atoms in total. The van der Waals surface area contributed by atoms with Gasteiger partial charge in [0.05, 0.1) is 10.8 Å². The quantitative estimate of drug-likeness (QED) is 0.415. The molecule has 0 aliphatic heterocycles. The molecule has 3 aromatic rings. The molecule has 1 N–H and O–H groups in total. The van der Waals surface area contributed by atoms with Crippen LogP contribution < -0.4 is 0 Å². The molecule has 0 saturated carbocycles. The fraction of sp³-hybridized carbons (Fsp3) is 0. The van der Waals surface area contributed by atoms with E-state index in [1.54, 1.807) is 24.3 Å². The summed E-state index contributed by atoms with van der Waals surface area (Å²) < 4.78 is 37.3. The molecule has 0 aliphatic carbocycles. The number of fused-ring (bicyclic) bond motifs is 2. The van der Waals surface area contributed by atoms with Crippen molar-refractivity contribution in [3.8, 4) is 0 Å². The van der Waals surface area contributed by atoms with Crippen LogP contribution in [0.15, 0.2) is 57.8 Å². The minimum Gasteiger partial charge on any atom is -0.282 e. The van der Waals surface area contributed by atoms with Gasteiger partial charge in [-0.25, -0.2) is 4.42 Å². The fourth-order valence-electron chi connectivity index (χ4n) is 1.93. The van der Waals surface area contributed by atoms with Gasteiger partial charge in [-0.05, 0) is 24.3 Å². The van der Waals surface area contributed by atoms with Crippen molar-refractivity contribution in [3.05, 3.63) is 48.5 Å². The van der Waals surface area contributed by atoms with Gasteiger partial charge in [-0.3, -0.25) is 4.55 Å². The van der Waals surface area contributed by atoms with Crippen LogP contribution in [0.2, 0.25) is 0 Å². The summed E-state index contributed by atoms with van der Waals surface area (Å²) in [6, 6.07) is 13.7. The Morgan fingerprint density at radius 1 is 0.944 bits per heavy atom. The molecule has 5 heteroatoms. The highest BCUT2D eigenvalue weighted by Gasteiger charge is 2.24. The van der Waals surface area contributed by atoms with E-state index in [2.05, 4.69) is 0 Å². The molecule has 0 atom stereocenters. The Kier molecular flexibility index (Phi) is 2.33. The third-order valence-corrected chi connectivity index (χ3v) is 3.61. The zero-order chi connectivity index (χ0) is 12.8. The van der Waals surface area contributed by atoms with E-state index in [1.807, 2.05) is 18.2 Å². The lowest BCUT2D eigenvalue weighted by molar-refractivity contribution is 0.482. The molecule has 1 aromatic heterocycles. The third kappa shape index (κ3) is 1.73. The average molecular weight is 261 g/mol. The molecule has 0 radical (unpaired) electrons. The van der Waals surface area contributed by atoms with Gasteiger partial charge >= 0.3 is 21.3 Å². The lowest BCUT2D eigenvalue weighted by Gasteiger charge is -1.96. The number of para-hydroxylation sites is 2. The third-order valence-electron chi connectivity index (χ3n) is 2.73. The highest BCUT2D eigenvalue weighted by molar-refractivity contribution is 7.86. The standard InChI is InChI=1S/C13H8O4S/c14-18(15,16)12-7-3-5-10-8-9-4-1-2-6-11(9)17-13(10)12/h1-8H/p+1. The normalized spacial score (nSPS) is 12.1. The Balaban J connectivity index is 2.51. The van der Waals surface area contributed by atoms with Crippen molar-refractivity contribution in [2.75, 3.05) is 0 Å². The molecular formula is C13H9O4S+. The first-order valence-electron chi connectivity index (χ1n) is 5.28. The Morgan fingerprint density at radius 3 is 2.44 bits per heavy atom. The van der Waals surface area contributed by atoms with Crippen molar-refractivity contribution in [1.82, 2.24) is 0 Å². The lowest BCUT2D eigenvalue weighted by atomic mass is 10.1. The van der Waals surface area contributed by atoms with Gasteiger partial charge in [0.1, 0.15) is 0 Å². The number of benzene rings is 2. The van der Waals surface area contributed by atoms with Gasteiger partial charge in [-0.15, -0.1) is 0 Å². The predicted octanol–water partition coefficient (Wildman–Crippen LogP) is 3.11. The minimum absolute atomic E-state index is 0.165. The second kappa shape index (κ2) is 3.76. The molecule has 0 spiro atoms. The van der Waals surface area contributed by atoms with E-state index in [1.165, 1.54) is 6.07 Å². The Labute approximate surface area is 103 Å². The summed E-state index contributed by atoms with van der Waals surface area (Å²) in [6.45, 7) is 0. The van der Waals surface area contributed by atoms with Gasteiger partial charge in [0.25, 0.3) is 0 Å². The maximum Gasteiger partial charge on any atom is 0.381 e. The number of hydrogen-bond acceptors (Lipinski definition) is 2. The van der Waals surface area contributed by atoms with Crippen molar-refractivity contribution in [1.29, 1.82) is 0 Å². The topological polar surface area (TPSA) is 65.7 Å². The van der Waals surface area contributed by atoms with E-state index in [9.17, 15) is 13.0 Å². The van der Waals surface area contributed by atoms with E-state index >= 15 is 0 Å².